The molecule has 3 heterocycles. The summed E-state index contributed by atoms with van der Waals surface area (Å²) in [5, 5.41) is 2.07. The third-order valence-corrected chi connectivity index (χ3v) is 5.16. The Kier molecular flexibility index (Phi) is 3.78. The third-order valence-electron chi connectivity index (χ3n) is 4.14. The van der Waals surface area contributed by atoms with Crippen molar-refractivity contribution < 1.29 is 14.3 Å². The van der Waals surface area contributed by atoms with Gasteiger partial charge in [-0.2, -0.15) is 0 Å². The first-order valence-corrected chi connectivity index (χ1v) is 8.03. The van der Waals surface area contributed by atoms with Gasteiger partial charge in [0.2, 0.25) is 0 Å². The lowest BCUT2D eigenvalue weighted by molar-refractivity contribution is 0.0599. The topological polar surface area (TPSA) is 62.4 Å². The number of thiophene rings is 1. The fraction of sp³-hybridized carbons (Fsp3) is 0.375. The molecule has 0 spiro atoms. The molecule has 0 bridgehead atoms. The summed E-state index contributed by atoms with van der Waals surface area (Å²) < 4.78 is 4.79. The largest absolute Gasteiger partial charge is 0.465 e. The molecule has 116 valence electrons. The van der Waals surface area contributed by atoms with Gasteiger partial charge in [-0.25, -0.2) is 4.79 Å². The van der Waals surface area contributed by atoms with Gasteiger partial charge in [-0.05, 0) is 42.8 Å². The number of carbonyl (C=O) groups excluding carboxylic acids is 2. The van der Waals surface area contributed by atoms with Crippen LogP contribution in [-0.2, 0) is 17.7 Å². The molecule has 2 aromatic rings. The van der Waals surface area contributed by atoms with E-state index in [0.717, 1.165) is 6.42 Å². The molecule has 0 aromatic carbocycles. The first-order valence-electron chi connectivity index (χ1n) is 7.15. The average Bonchev–Trinajstić information content (AvgIpc) is 3.09. The zero-order valence-electron chi connectivity index (χ0n) is 12.9. The van der Waals surface area contributed by atoms with E-state index in [2.05, 4.69) is 16.4 Å². The molecule has 1 aliphatic rings. The highest BCUT2D eigenvalue weighted by Gasteiger charge is 2.28. The summed E-state index contributed by atoms with van der Waals surface area (Å²) >= 11 is 1.74. The van der Waals surface area contributed by atoms with Crippen molar-refractivity contribution in [2.24, 2.45) is 0 Å². The molecule has 6 heteroatoms. The van der Waals surface area contributed by atoms with Crippen LogP contribution in [0.5, 0.6) is 0 Å². The van der Waals surface area contributed by atoms with Crippen molar-refractivity contribution in [1.82, 2.24) is 9.88 Å². The molecule has 0 radical (unpaired) electrons. The summed E-state index contributed by atoms with van der Waals surface area (Å²) in [5.74, 6) is -0.475. The van der Waals surface area contributed by atoms with Gasteiger partial charge in [0.15, 0.2) is 0 Å². The van der Waals surface area contributed by atoms with Gasteiger partial charge >= 0.3 is 5.97 Å². The third kappa shape index (κ3) is 2.33. The fourth-order valence-electron chi connectivity index (χ4n) is 2.95. The lowest BCUT2D eigenvalue weighted by Crippen LogP contribution is -2.35. The minimum Gasteiger partial charge on any atom is -0.465 e. The van der Waals surface area contributed by atoms with Crippen LogP contribution in [0.3, 0.4) is 0 Å². The Labute approximate surface area is 132 Å². The molecule has 0 saturated heterocycles. The quantitative estimate of drug-likeness (QED) is 0.866. The van der Waals surface area contributed by atoms with Gasteiger partial charge in [-0.15, -0.1) is 11.3 Å². The number of aryl methyl sites for hydroxylation is 1. The van der Waals surface area contributed by atoms with Gasteiger partial charge in [0.1, 0.15) is 5.69 Å². The smallest absolute Gasteiger partial charge is 0.339 e. The lowest BCUT2D eigenvalue weighted by atomic mass is 10.1. The van der Waals surface area contributed by atoms with Crippen LogP contribution < -0.4 is 0 Å². The summed E-state index contributed by atoms with van der Waals surface area (Å²) in [4.78, 5) is 30.8. The summed E-state index contributed by atoms with van der Waals surface area (Å²) in [6, 6.07) is 2.08. The predicted molar refractivity (Wildman–Crippen MR) is 84.4 cm³/mol. The maximum Gasteiger partial charge on any atom is 0.339 e. The number of aromatic amines is 1. The minimum absolute atomic E-state index is 0.0624. The van der Waals surface area contributed by atoms with Crippen LogP contribution in [0.15, 0.2) is 11.4 Å². The maximum absolute atomic E-state index is 12.8. The first kappa shape index (κ1) is 14.8. The Balaban J connectivity index is 1.89. The SMILES string of the molecule is COC(=O)c1c(C)[nH]c(C(=O)N2CCc3sccc3C2)c1C. The molecule has 22 heavy (non-hydrogen) atoms. The molecule has 0 unspecified atom stereocenters. The Morgan fingerprint density at radius 2 is 2.14 bits per heavy atom. The molecule has 1 amide bonds. The van der Waals surface area contributed by atoms with E-state index in [1.54, 1.807) is 25.2 Å². The molecule has 1 aliphatic heterocycles. The van der Waals surface area contributed by atoms with Crippen molar-refractivity contribution in [2.75, 3.05) is 13.7 Å². The van der Waals surface area contributed by atoms with Gasteiger partial charge in [0, 0.05) is 23.7 Å². The summed E-state index contributed by atoms with van der Waals surface area (Å²) in [6.45, 7) is 4.90. The van der Waals surface area contributed by atoms with Gasteiger partial charge in [0.05, 0.1) is 12.7 Å². The molecule has 0 aliphatic carbocycles. The van der Waals surface area contributed by atoms with E-state index < -0.39 is 5.97 Å². The molecular weight excluding hydrogens is 300 g/mol. The second-order valence-corrected chi connectivity index (χ2v) is 6.46. The van der Waals surface area contributed by atoms with Crippen molar-refractivity contribution in [2.45, 2.75) is 26.8 Å². The average molecular weight is 318 g/mol. The monoisotopic (exact) mass is 318 g/mol. The van der Waals surface area contributed by atoms with Crippen LogP contribution >= 0.6 is 11.3 Å². The number of ether oxygens (including phenoxy) is 1. The maximum atomic E-state index is 12.8. The van der Waals surface area contributed by atoms with Crippen LogP contribution in [0.25, 0.3) is 0 Å². The molecular formula is C16H18N2O3S. The number of hydrogen-bond donors (Lipinski definition) is 1. The minimum atomic E-state index is -0.413. The molecule has 0 fully saturated rings. The van der Waals surface area contributed by atoms with E-state index in [0.29, 0.717) is 35.6 Å². The molecule has 3 rings (SSSR count). The second-order valence-electron chi connectivity index (χ2n) is 5.46. The highest BCUT2D eigenvalue weighted by atomic mass is 32.1. The lowest BCUT2D eigenvalue weighted by Gasteiger charge is -2.26. The molecule has 1 N–H and O–H groups in total. The number of carbonyl (C=O) groups is 2. The molecule has 0 atom stereocenters. The van der Waals surface area contributed by atoms with Crippen molar-refractivity contribution >= 4 is 23.2 Å². The number of methoxy groups -OCH3 is 1. The highest BCUT2D eigenvalue weighted by Crippen LogP contribution is 2.26. The van der Waals surface area contributed by atoms with Crippen molar-refractivity contribution in [1.29, 1.82) is 0 Å². The van der Waals surface area contributed by atoms with Crippen LogP contribution in [0.1, 0.15) is 42.5 Å². The normalized spacial score (nSPS) is 13.9. The van der Waals surface area contributed by atoms with Gasteiger partial charge in [-0.1, -0.05) is 0 Å². The number of rotatable bonds is 2. The molecule has 0 saturated carbocycles. The zero-order valence-corrected chi connectivity index (χ0v) is 13.7. The first-order chi connectivity index (χ1) is 10.5. The van der Waals surface area contributed by atoms with E-state index in [9.17, 15) is 9.59 Å². The molecule has 2 aromatic heterocycles. The highest BCUT2D eigenvalue weighted by molar-refractivity contribution is 7.10. The van der Waals surface area contributed by atoms with Crippen LogP contribution in [0, 0.1) is 13.8 Å². The van der Waals surface area contributed by atoms with Gasteiger partial charge in [0.25, 0.3) is 5.91 Å². The predicted octanol–water partition coefficient (Wildman–Crippen LogP) is 2.68. The Bertz CT molecular complexity index is 745. The van der Waals surface area contributed by atoms with Crippen LogP contribution in [0.2, 0.25) is 0 Å². The number of aromatic nitrogens is 1. The zero-order chi connectivity index (χ0) is 15.9. The Morgan fingerprint density at radius 3 is 2.86 bits per heavy atom. The van der Waals surface area contributed by atoms with E-state index >= 15 is 0 Å². The van der Waals surface area contributed by atoms with Crippen molar-refractivity contribution in [3.05, 3.63) is 44.4 Å². The molecule has 5 nitrogen and oxygen atoms in total. The number of hydrogen-bond acceptors (Lipinski definition) is 4. The van der Waals surface area contributed by atoms with Gasteiger partial charge in [-0.3, -0.25) is 4.79 Å². The fourth-order valence-corrected chi connectivity index (χ4v) is 3.84. The van der Waals surface area contributed by atoms with Crippen LogP contribution in [-0.4, -0.2) is 35.4 Å². The van der Waals surface area contributed by atoms with E-state index in [-0.39, 0.29) is 5.91 Å². The Hall–Kier alpha value is -2.08. The van der Waals surface area contributed by atoms with E-state index in [1.807, 2.05) is 4.90 Å². The van der Waals surface area contributed by atoms with Crippen molar-refractivity contribution in [3.8, 4) is 0 Å². The van der Waals surface area contributed by atoms with Crippen molar-refractivity contribution in [3.63, 3.8) is 0 Å². The van der Waals surface area contributed by atoms with E-state index in [1.165, 1.54) is 17.6 Å². The number of nitrogens with one attached hydrogen (secondary N) is 1. The number of esters is 1. The summed E-state index contributed by atoms with van der Waals surface area (Å²) in [6.07, 6.45) is 0.890. The standard InChI is InChI=1S/C16H18N2O3S/c1-9-13(16(20)21-3)10(2)17-14(9)15(19)18-6-4-12-11(8-18)5-7-22-12/h5,7,17H,4,6,8H2,1-3H3. The summed E-state index contributed by atoms with van der Waals surface area (Å²) in [5.41, 5.74) is 3.49. The Morgan fingerprint density at radius 1 is 1.36 bits per heavy atom. The summed E-state index contributed by atoms with van der Waals surface area (Å²) in [7, 11) is 1.35. The van der Waals surface area contributed by atoms with E-state index in [4.69, 9.17) is 4.74 Å². The second kappa shape index (κ2) is 5.61. The number of amides is 1. The number of fused-ring (bicyclic) bond motifs is 1. The van der Waals surface area contributed by atoms with Crippen LogP contribution in [0.4, 0.5) is 0 Å². The number of nitrogens with zero attached hydrogens (tertiary/aromatic N) is 1. The van der Waals surface area contributed by atoms with Gasteiger partial charge < -0.3 is 14.6 Å². The number of H-pyrrole nitrogens is 1.